The molecule has 10 heteroatoms. The highest BCUT2D eigenvalue weighted by Gasteiger charge is 2.30. The minimum Gasteiger partial charge on any atom is -0.489 e. The van der Waals surface area contributed by atoms with E-state index in [9.17, 15) is 18.0 Å². The number of carbonyl (C=O) groups is 1. The van der Waals surface area contributed by atoms with Gasteiger partial charge in [-0.05, 0) is 60.7 Å². The molecule has 0 saturated carbocycles. The van der Waals surface area contributed by atoms with Crippen LogP contribution in [0.15, 0.2) is 79.6 Å². The number of nitrogens with zero attached hydrogens (tertiary/aromatic N) is 3. The molecule has 0 aliphatic carbocycles. The van der Waals surface area contributed by atoms with E-state index in [1.165, 1.54) is 24.5 Å². The molecule has 7 nitrogen and oxygen atoms in total. The number of alkyl halides is 3. The molecule has 0 atom stereocenters. The predicted octanol–water partition coefficient (Wildman–Crippen LogP) is 6.10. The van der Waals surface area contributed by atoms with Crippen LogP contribution in [0.25, 0.3) is 10.9 Å². The minimum absolute atomic E-state index is 0.0785. The number of benzene rings is 3. The van der Waals surface area contributed by atoms with Crippen LogP contribution in [0, 0.1) is 0 Å². The lowest BCUT2D eigenvalue weighted by Crippen LogP contribution is -2.36. The second kappa shape index (κ2) is 9.21. The molecule has 1 aromatic heterocycles. The van der Waals surface area contributed by atoms with Gasteiger partial charge in [0.1, 0.15) is 30.3 Å². The molecule has 1 aliphatic heterocycles. The molecule has 3 aromatic carbocycles. The van der Waals surface area contributed by atoms with Crippen LogP contribution in [0.3, 0.4) is 0 Å². The van der Waals surface area contributed by atoms with Crippen molar-refractivity contribution in [3.8, 4) is 17.2 Å². The lowest BCUT2D eigenvalue weighted by atomic mass is 10.1. The van der Waals surface area contributed by atoms with E-state index in [0.717, 1.165) is 12.1 Å². The van der Waals surface area contributed by atoms with Gasteiger partial charge in [0.15, 0.2) is 5.75 Å². The van der Waals surface area contributed by atoms with Crippen LogP contribution >= 0.6 is 0 Å². The fraction of sp³-hybridized carbons (Fsp3) is 0.115. The van der Waals surface area contributed by atoms with Crippen molar-refractivity contribution in [3.63, 3.8) is 0 Å². The molecule has 0 unspecified atom stereocenters. The molecule has 1 amide bonds. The van der Waals surface area contributed by atoms with Gasteiger partial charge in [0, 0.05) is 5.69 Å². The summed E-state index contributed by atoms with van der Waals surface area (Å²) in [4.78, 5) is 22.6. The standard InChI is InChI=1S/C26H19F3N4O3/c1-2-22(34)33-12-13-35-24-21(33)11-10-20-23(24)25(31-15-30-20)32-17-6-8-18(9-7-17)36-19-5-3-4-16(14-19)26(27,28)29/h2-11,14-15H,1,12-13H2,(H,30,31,32). The zero-order valence-corrected chi connectivity index (χ0v) is 18.7. The first-order chi connectivity index (χ1) is 17.3. The van der Waals surface area contributed by atoms with Gasteiger partial charge in [-0.1, -0.05) is 12.6 Å². The summed E-state index contributed by atoms with van der Waals surface area (Å²) in [7, 11) is 0. The smallest absolute Gasteiger partial charge is 0.416 e. The number of rotatable bonds is 5. The number of aromatic nitrogens is 2. The Morgan fingerprint density at radius 1 is 1.08 bits per heavy atom. The molecule has 36 heavy (non-hydrogen) atoms. The Labute approximate surface area is 203 Å². The highest BCUT2D eigenvalue weighted by Crippen LogP contribution is 2.41. The van der Waals surface area contributed by atoms with Gasteiger partial charge in [0.25, 0.3) is 5.91 Å². The summed E-state index contributed by atoms with van der Waals surface area (Å²) < 4.78 is 50.4. The molecular formula is C26H19F3N4O3. The van der Waals surface area contributed by atoms with Crippen molar-refractivity contribution in [2.45, 2.75) is 6.18 Å². The minimum atomic E-state index is -4.45. The number of ether oxygens (including phenoxy) is 2. The maximum Gasteiger partial charge on any atom is 0.416 e. The van der Waals surface area contributed by atoms with Gasteiger partial charge < -0.3 is 19.7 Å². The van der Waals surface area contributed by atoms with Crippen LogP contribution in [-0.4, -0.2) is 29.0 Å². The number of hydrogen-bond donors (Lipinski definition) is 1. The maximum absolute atomic E-state index is 13.0. The van der Waals surface area contributed by atoms with Crippen LogP contribution in [0.1, 0.15) is 5.56 Å². The summed E-state index contributed by atoms with van der Waals surface area (Å²) >= 11 is 0. The highest BCUT2D eigenvalue weighted by molar-refractivity contribution is 6.07. The molecule has 0 fully saturated rings. The summed E-state index contributed by atoms with van der Waals surface area (Å²) in [6.45, 7) is 4.27. The van der Waals surface area contributed by atoms with E-state index in [4.69, 9.17) is 9.47 Å². The Balaban J connectivity index is 1.42. The van der Waals surface area contributed by atoms with Gasteiger partial charge in [-0.25, -0.2) is 9.97 Å². The number of amides is 1. The first-order valence-corrected chi connectivity index (χ1v) is 10.9. The van der Waals surface area contributed by atoms with Crippen molar-refractivity contribution >= 4 is 34.0 Å². The Hall–Kier alpha value is -4.60. The van der Waals surface area contributed by atoms with Gasteiger partial charge in [0.2, 0.25) is 0 Å². The van der Waals surface area contributed by atoms with Crippen molar-refractivity contribution in [2.75, 3.05) is 23.4 Å². The van der Waals surface area contributed by atoms with E-state index in [1.807, 2.05) is 0 Å². The van der Waals surface area contributed by atoms with E-state index in [1.54, 1.807) is 41.3 Å². The molecule has 1 N–H and O–H groups in total. The molecule has 182 valence electrons. The molecule has 5 rings (SSSR count). The number of anilines is 3. The molecule has 1 aliphatic rings. The zero-order valence-electron chi connectivity index (χ0n) is 18.7. The van der Waals surface area contributed by atoms with Crippen molar-refractivity contribution < 1.29 is 27.4 Å². The lowest BCUT2D eigenvalue weighted by molar-refractivity contribution is -0.137. The SMILES string of the molecule is C=CC(=O)N1CCOc2c1ccc1ncnc(Nc3ccc(Oc4cccc(C(F)(F)F)c4)cc3)c21. The fourth-order valence-electron chi connectivity index (χ4n) is 3.88. The fourth-order valence-corrected chi connectivity index (χ4v) is 3.88. The van der Waals surface area contributed by atoms with E-state index >= 15 is 0 Å². The average Bonchev–Trinajstić information content (AvgIpc) is 2.88. The summed E-state index contributed by atoms with van der Waals surface area (Å²) in [6, 6.07) is 14.9. The Kier molecular flexibility index (Phi) is 5.93. The van der Waals surface area contributed by atoms with Crippen molar-refractivity contribution in [1.29, 1.82) is 0 Å². The molecule has 0 saturated heterocycles. The Bertz CT molecular complexity index is 1460. The number of fused-ring (bicyclic) bond motifs is 3. The zero-order chi connectivity index (χ0) is 25.3. The van der Waals surface area contributed by atoms with Gasteiger partial charge in [0.05, 0.1) is 28.7 Å². The summed E-state index contributed by atoms with van der Waals surface area (Å²) in [6.07, 6.45) is -1.78. The molecular weight excluding hydrogens is 473 g/mol. The average molecular weight is 492 g/mol. The normalized spacial score (nSPS) is 13.0. The van der Waals surface area contributed by atoms with Crippen LogP contribution in [-0.2, 0) is 11.0 Å². The van der Waals surface area contributed by atoms with Crippen molar-refractivity contribution in [2.24, 2.45) is 0 Å². The Morgan fingerprint density at radius 2 is 1.89 bits per heavy atom. The second-order valence-corrected chi connectivity index (χ2v) is 7.85. The van der Waals surface area contributed by atoms with Crippen LogP contribution in [0.5, 0.6) is 17.2 Å². The molecule has 4 aromatic rings. The molecule has 2 heterocycles. The largest absolute Gasteiger partial charge is 0.489 e. The van der Waals surface area contributed by atoms with Crippen LogP contribution in [0.4, 0.5) is 30.4 Å². The number of hydrogen-bond acceptors (Lipinski definition) is 6. The molecule has 0 radical (unpaired) electrons. The first kappa shape index (κ1) is 23.2. The molecule has 0 spiro atoms. The number of nitrogens with one attached hydrogen (secondary N) is 1. The van der Waals surface area contributed by atoms with E-state index in [0.29, 0.717) is 52.7 Å². The topological polar surface area (TPSA) is 76.6 Å². The third kappa shape index (κ3) is 4.52. The summed E-state index contributed by atoms with van der Waals surface area (Å²) in [5.41, 5.74) is 1.09. The first-order valence-electron chi connectivity index (χ1n) is 10.9. The lowest BCUT2D eigenvalue weighted by Gasteiger charge is -2.29. The highest BCUT2D eigenvalue weighted by atomic mass is 19.4. The third-order valence-electron chi connectivity index (χ3n) is 5.54. The summed E-state index contributed by atoms with van der Waals surface area (Å²) in [5.74, 6) is 1.17. The van der Waals surface area contributed by atoms with Crippen molar-refractivity contribution in [1.82, 2.24) is 9.97 Å². The van der Waals surface area contributed by atoms with Gasteiger partial charge in [-0.3, -0.25) is 4.79 Å². The monoisotopic (exact) mass is 492 g/mol. The predicted molar refractivity (Wildman–Crippen MR) is 129 cm³/mol. The molecule has 0 bridgehead atoms. The van der Waals surface area contributed by atoms with Gasteiger partial charge >= 0.3 is 6.18 Å². The summed E-state index contributed by atoms with van der Waals surface area (Å²) in [5, 5.41) is 3.83. The van der Waals surface area contributed by atoms with Gasteiger partial charge in [-0.15, -0.1) is 0 Å². The van der Waals surface area contributed by atoms with Crippen LogP contribution < -0.4 is 19.7 Å². The quantitative estimate of drug-likeness (QED) is 0.340. The maximum atomic E-state index is 13.0. The Morgan fingerprint density at radius 3 is 2.64 bits per heavy atom. The number of halogens is 3. The van der Waals surface area contributed by atoms with E-state index < -0.39 is 11.7 Å². The van der Waals surface area contributed by atoms with Crippen LogP contribution in [0.2, 0.25) is 0 Å². The number of carbonyl (C=O) groups excluding carboxylic acids is 1. The van der Waals surface area contributed by atoms with E-state index in [2.05, 4.69) is 21.9 Å². The van der Waals surface area contributed by atoms with E-state index in [-0.39, 0.29) is 11.7 Å². The van der Waals surface area contributed by atoms with Gasteiger partial charge in [-0.2, -0.15) is 13.2 Å². The second-order valence-electron chi connectivity index (χ2n) is 7.85. The third-order valence-corrected chi connectivity index (χ3v) is 5.54. The van der Waals surface area contributed by atoms with Crippen molar-refractivity contribution in [3.05, 3.63) is 85.2 Å².